The van der Waals surface area contributed by atoms with Gasteiger partial charge in [0.2, 0.25) is 0 Å². The molecule has 1 nitrogen and oxygen atoms in total. The summed E-state index contributed by atoms with van der Waals surface area (Å²) in [6, 6.07) is 37.4. The molecule has 0 N–H and O–H groups in total. The number of benzene rings is 4. The molecule has 0 aliphatic heterocycles. The van der Waals surface area contributed by atoms with Crippen LogP contribution >= 0.6 is 0 Å². The van der Waals surface area contributed by atoms with Gasteiger partial charge in [-0.3, -0.25) is 0 Å². The molecule has 4 aromatic rings. The van der Waals surface area contributed by atoms with E-state index in [1.165, 1.54) is 36.8 Å². The third-order valence-corrected chi connectivity index (χ3v) is 8.79. The van der Waals surface area contributed by atoms with Crippen LogP contribution in [0.1, 0.15) is 86.5 Å². The summed E-state index contributed by atoms with van der Waals surface area (Å²) in [5.41, 5.74) is 11.6. The summed E-state index contributed by atoms with van der Waals surface area (Å²) in [5, 5.41) is 0. The van der Waals surface area contributed by atoms with E-state index in [1.54, 1.807) is 0 Å². The van der Waals surface area contributed by atoms with Crippen LogP contribution in [0.5, 0.6) is 0 Å². The predicted molar refractivity (Wildman–Crippen MR) is 178 cm³/mol. The molecular weight excluding hydrogens is 529 g/mol. The van der Waals surface area contributed by atoms with E-state index in [1.807, 2.05) is 36.4 Å². The topological polar surface area (TPSA) is 17.1 Å². The molecule has 42 heavy (non-hydrogen) atoms. The van der Waals surface area contributed by atoms with Gasteiger partial charge in [0.05, 0.1) is 10.8 Å². The van der Waals surface area contributed by atoms with Gasteiger partial charge in [-0.1, -0.05) is 112 Å². The van der Waals surface area contributed by atoms with Crippen LogP contribution in [0.4, 0.5) is 0 Å². The third-order valence-electron chi connectivity index (χ3n) is 7.39. The zero-order valence-electron chi connectivity index (χ0n) is 24.9. The van der Waals surface area contributed by atoms with Crippen LogP contribution in [0, 0.1) is 0 Å². The Morgan fingerprint density at radius 3 is 1.26 bits per heavy atom. The summed E-state index contributed by atoms with van der Waals surface area (Å²) in [7, 11) is -1.26. The summed E-state index contributed by atoms with van der Waals surface area (Å²) >= 11 is 0. The van der Waals surface area contributed by atoms with E-state index in [0.29, 0.717) is 0 Å². The second-order valence-corrected chi connectivity index (χ2v) is 12.0. The van der Waals surface area contributed by atoms with E-state index in [4.69, 9.17) is 0 Å². The molecule has 0 aliphatic carbocycles. The zero-order valence-corrected chi connectivity index (χ0v) is 25.7. The molecule has 4 rings (SSSR count). The van der Waals surface area contributed by atoms with Gasteiger partial charge in [-0.05, 0) is 96.5 Å². The minimum atomic E-state index is -1.26. The summed E-state index contributed by atoms with van der Waals surface area (Å²) < 4.78 is 13.6. The largest absolute Gasteiger partial charge is 0.249 e. The number of hydrogen-bond acceptors (Lipinski definition) is 1. The van der Waals surface area contributed by atoms with Crippen molar-refractivity contribution in [1.29, 1.82) is 0 Å². The second-order valence-electron chi connectivity index (χ2n) is 10.5. The minimum Gasteiger partial charge on any atom is -0.249 e. The van der Waals surface area contributed by atoms with Crippen LogP contribution in [0.3, 0.4) is 0 Å². The van der Waals surface area contributed by atoms with Crippen LogP contribution in [0.25, 0.3) is 0 Å². The molecule has 0 saturated heterocycles. The van der Waals surface area contributed by atoms with Crippen molar-refractivity contribution in [1.82, 2.24) is 0 Å². The van der Waals surface area contributed by atoms with Gasteiger partial charge in [0.1, 0.15) is 0 Å². The van der Waals surface area contributed by atoms with Crippen LogP contribution in [-0.2, 0) is 10.8 Å². The summed E-state index contributed by atoms with van der Waals surface area (Å²) in [6.45, 7) is 4.41. The summed E-state index contributed by atoms with van der Waals surface area (Å²) in [5.74, 6) is 0.203. The fourth-order valence-electron chi connectivity index (χ4n) is 4.93. The van der Waals surface area contributed by atoms with Crippen molar-refractivity contribution in [2.24, 2.45) is 0 Å². The van der Waals surface area contributed by atoms with Gasteiger partial charge in [-0.25, -0.2) is 4.21 Å². The predicted octanol–water partition coefficient (Wildman–Crippen LogP) is 10.9. The first-order valence-electron chi connectivity index (χ1n) is 15.2. The molecule has 0 radical (unpaired) electrons. The molecule has 0 aromatic heterocycles. The van der Waals surface area contributed by atoms with E-state index in [0.717, 1.165) is 33.8 Å². The monoisotopic (exact) mass is 570 g/mol. The fraction of sp³-hybridized carbons (Fsp3) is 0.250. The second kappa shape index (κ2) is 17.1. The molecule has 214 valence electrons. The molecule has 0 bridgehead atoms. The highest BCUT2D eigenvalue weighted by atomic mass is 32.2. The van der Waals surface area contributed by atoms with Crippen LogP contribution in [0.15, 0.2) is 155 Å². The molecule has 0 spiro atoms. The van der Waals surface area contributed by atoms with Crippen LogP contribution in [0.2, 0.25) is 0 Å². The maximum Gasteiger partial charge on any atom is 0.0849 e. The highest BCUT2D eigenvalue weighted by Crippen LogP contribution is 2.29. The molecule has 2 atom stereocenters. The van der Waals surface area contributed by atoms with Crippen molar-refractivity contribution in [3.05, 3.63) is 167 Å². The normalized spacial score (nSPS) is 12.7. The van der Waals surface area contributed by atoms with E-state index in [-0.39, 0.29) is 11.8 Å². The minimum absolute atomic E-state index is 0.102. The van der Waals surface area contributed by atoms with Crippen molar-refractivity contribution in [2.45, 2.75) is 74.0 Å². The first kappa shape index (κ1) is 31.0. The van der Waals surface area contributed by atoms with Crippen LogP contribution in [-0.4, -0.2) is 4.21 Å². The number of allylic oxidation sites excluding steroid dienone is 2. The molecule has 2 unspecified atom stereocenters. The number of rotatable bonds is 14. The lowest BCUT2D eigenvalue weighted by molar-refractivity contribution is 0.683. The molecule has 0 heterocycles. The number of hydrogen-bond donors (Lipinski definition) is 0. The Morgan fingerprint density at radius 2 is 0.905 bits per heavy atom. The van der Waals surface area contributed by atoms with Crippen molar-refractivity contribution >= 4 is 10.8 Å². The first-order chi connectivity index (χ1) is 20.7. The summed E-state index contributed by atoms with van der Waals surface area (Å²) in [6.07, 6.45) is 15.4. The lowest BCUT2D eigenvalue weighted by atomic mass is 9.91. The van der Waals surface area contributed by atoms with Crippen LogP contribution < -0.4 is 0 Å². The Hall–Kier alpha value is -3.93. The Kier molecular flexibility index (Phi) is 12.6. The first-order valence-corrected chi connectivity index (χ1v) is 16.4. The molecular formula is C40H42OS. The van der Waals surface area contributed by atoms with E-state index in [2.05, 4.69) is 122 Å². The van der Waals surface area contributed by atoms with Gasteiger partial charge < -0.3 is 0 Å². The molecule has 4 aromatic carbocycles. The molecule has 0 saturated carbocycles. The third kappa shape index (κ3) is 9.04. The van der Waals surface area contributed by atoms with E-state index < -0.39 is 10.8 Å². The van der Waals surface area contributed by atoms with Crippen molar-refractivity contribution in [3.63, 3.8) is 0 Å². The standard InChI is InChI=1S/C40H42OS/c1-3-5-7-9-17-23-39(33-19-13-11-14-20-33)35-25-29-37(30-26-35)42(41)38-31-27-36(28-32-38)40(24-18-10-8-6-4-2)34-21-15-12-16-22-34/h9-16,19-32,39-40H,3-8H2,1-2H3. The maximum absolute atomic E-state index is 13.6. The Morgan fingerprint density at radius 1 is 0.548 bits per heavy atom. The van der Waals surface area contributed by atoms with Gasteiger partial charge in [0.25, 0.3) is 0 Å². The molecule has 0 aliphatic rings. The fourth-order valence-corrected chi connectivity index (χ4v) is 5.97. The Bertz CT molecular complexity index is 1390. The zero-order chi connectivity index (χ0) is 29.4. The lowest BCUT2D eigenvalue weighted by Gasteiger charge is -2.15. The van der Waals surface area contributed by atoms with Crippen molar-refractivity contribution in [3.8, 4) is 0 Å². The number of unbranched alkanes of at least 4 members (excludes halogenated alkanes) is 4. The molecule has 0 fully saturated rings. The Balaban J connectivity index is 1.54. The highest BCUT2D eigenvalue weighted by molar-refractivity contribution is 7.85. The van der Waals surface area contributed by atoms with Gasteiger partial charge in [-0.15, -0.1) is 11.5 Å². The molecule has 2 heteroatoms. The smallest absolute Gasteiger partial charge is 0.0849 e. The quantitative estimate of drug-likeness (QED) is 0.109. The van der Waals surface area contributed by atoms with Crippen molar-refractivity contribution < 1.29 is 4.21 Å². The Labute approximate surface area is 255 Å². The average Bonchev–Trinajstić information content (AvgIpc) is 3.05. The average molecular weight is 571 g/mol. The molecule has 0 amide bonds. The SMILES string of the molecule is CCCCC=C=CC(c1ccccc1)c1ccc(S(=O)c2ccc(C(C=C=CCCCC)c3ccccc3)cc2)cc1. The van der Waals surface area contributed by atoms with Gasteiger partial charge >= 0.3 is 0 Å². The van der Waals surface area contributed by atoms with Gasteiger partial charge in [0, 0.05) is 21.6 Å². The van der Waals surface area contributed by atoms with E-state index in [9.17, 15) is 4.21 Å². The van der Waals surface area contributed by atoms with Gasteiger partial charge in [0.15, 0.2) is 0 Å². The lowest BCUT2D eigenvalue weighted by Crippen LogP contribution is -2.00. The van der Waals surface area contributed by atoms with E-state index >= 15 is 0 Å². The maximum atomic E-state index is 13.6. The van der Waals surface area contributed by atoms with Gasteiger partial charge in [-0.2, -0.15) is 0 Å². The van der Waals surface area contributed by atoms with Crippen molar-refractivity contribution in [2.75, 3.05) is 0 Å². The highest BCUT2D eigenvalue weighted by Gasteiger charge is 2.15. The summed E-state index contributed by atoms with van der Waals surface area (Å²) in [4.78, 5) is 1.61.